The summed E-state index contributed by atoms with van der Waals surface area (Å²) in [6.45, 7) is 2.94. The van der Waals surface area contributed by atoms with E-state index in [4.69, 9.17) is 16.3 Å². The van der Waals surface area contributed by atoms with Crippen LogP contribution in [0.3, 0.4) is 0 Å². The molecule has 0 bridgehead atoms. The summed E-state index contributed by atoms with van der Waals surface area (Å²) in [5.41, 5.74) is 1.44. The predicted molar refractivity (Wildman–Crippen MR) is 137 cm³/mol. The van der Waals surface area contributed by atoms with Crippen molar-refractivity contribution in [3.8, 4) is 5.75 Å². The number of hydrogen-bond donors (Lipinski definition) is 0. The Bertz CT molecular complexity index is 1250. The maximum absolute atomic E-state index is 13.6. The third-order valence-corrected chi connectivity index (χ3v) is 8.00. The molecular weight excluding hydrogens is 486 g/mol. The highest BCUT2D eigenvalue weighted by Crippen LogP contribution is 2.35. The molecule has 1 amide bonds. The van der Waals surface area contributed by atoms with Crippen molar-refractivity contribution >= 4 is 33.2 Å². The fourth-order valence-corrected chi connectivity index (χ4v) is 5.70. The van der Waals surface area contributed by atoms with Crippen LogP contribution in [-0.2, 0) is 21.4 Å². The van der Waals surface area contributed by atoms with Gasteiger partial charge in [0, 0.05) is 37.7 Å². The first-order valence-corrected chi connectivity index (χ1v) is 13.2. The first-order valence-electron chi connectivity index (χ1n) is 11.3. The van der Waals surface area contributed by atoms with Crippen molar-refractivity contribution in [2.75, 3.05) is 44.1 Å². The summed E-state index contributed by atoms with van der Waals surface area (Å²) >= 11 is 6.20. The lowest BCUT2D eigenvalue weighted by molar-refractivity contribution is -0.131. The van der Waals surface area contributed by atoms with Crippen LogP contribution in [0.2, 0.25) is 5.02 Å². The van der Waals surface area contributed by atoms with E-state index in [-0.39, 0.29) is 23.0 Å². The van der Waals surface area contributed by atoms with E-state index in [9.17, 15) is 13.2 Å². The lowest BCUT2D eigenvalue weighted by Crippen LogP contribution is -2.51. The third-order valence-electron chi connectivity index (χ3n) is 5.99. The number of sulfonamides is 1. The van der Waals surface area contributed by atoms with Gasteiger partial charge in [0.1, 0.15) is 12.3 Å². The molecule has 9 heteroatoms. The molecule has 1 fully saturated rings. The molecule has 1 aliphatic rings. The second-order valence-corrected chi connectivity index (χ2v) is 10.6. The number of methoxy groups -OCH3 is 1. The molecule has 0 radical (unpaired) electrons. The number of hydrogen-bond acceptors (Lipinski definition) is 5. The maximum Gasteiger partial charge on any atom is 0.264 e. The van der Waals surface area contributed by atoms with Gasteiger partial charge in [-0.25, -0.2) is 8.42 Å². The number of benzene rings is 3. The summed E-state index contributed by atoms with van der Waals surface area (Å²) < 4.78 is 33.8. The lowest BCUT2D eigenvalue weighted by atomic mass is 10.2. The average Bonchev–Trinajstić information content (AvgIpc) is 2.88. The van der Waals surface area contributed by atoms with Crippen LogP contribution in [-0.4, -0.2) is 64.0 Å². The van der Waals surface area contributed by atoms with Gasteiger partial charge in [0.2, 0.25) is 5.91 Å². The van der Waals surface area contributed by atoms with Crippen LogP contribution in [0.1, 0.15) is 5.56 Å². The second-order valence-electron chi connectivity index (χ2n) is 8.28. The topological polar surface area (TPSA) is 70.2 Å². The SMILES string of the molecule is COc1ccc(Cl)cc1N(CC(=O)N1CCN(Cc2ccccc2)CC1)S(=O)(=O)c1ccccc1. The minimum Gasteiger partial charge on any atom is -0.495 e. The zero-order valence-corrected chi connectivity index (χ0v) is 21.1. The molecule has 0 aromatic heterocycles. The number of anilines is 1. The number of ether oxygens (including phenoxy) is 1. The zero-order valence-electron chi connectivity index (χ0n) is 19.5. The number of amides is 1. The van der Waals surface area contributed by atoms with Gasteiger partial charge in [-0.1, -0.05) is 60.1 Å². The fourth-order valence-electron chi connectivity index (χ4n) is 4.10. The van der Waals surface area contributed by atoms with Crippen molar-refractivity contribution in [2.24, 2.45) is 0 Å². The van der Waals surface area contributed by atoms with E-state index < -0.39 is 10.0 Å². The average molecular weight is 514 g/mol. The molecule has 7 nitrogen and oxygen atoms in total. The number of rotatable bonds is 8. The van der Waals surface area contributed by atoms with Crippen LogP contribution in [0.5, 0.6) is 5.75 Å². The summed E-state index contributed by atoms with van der Waals surface area (Å²) in [5, 5.41) is 0.344. The van der Waals surface area contributed by atoms with E-state index in [2.05, 4.69) is 17.0 Å². The molecule has 1 heterocycles. The highest BCUT2D eigenvalue weighted by Gasteiger charge is 2.32. The lowest BCUT2D eigenvalue weighted by Gasteiger charge is -2.36. The Morgan fingerprint density at radius 2 is 1.57 bits per heavy atom. The molecule has 3 aromatic carbocycles. The van der Waals surface area contributed by atoms with Gasteiger partial charge < -0.3 is 9.64 Å². The highest BCUT2D eigenvalue weighted by atomic mass is 35.5. The number of carbonyl (C=O) groups is 1. The zero-order chi connectivity index (χ0) is 24.8. The molecule has 0 N–H and O–H groups in total. The third kappa shape index (κ3) is 5.96. The van der Waals surface area contributed by atoms with Gasteiger partial charge in [0.05, 0.1) is 17.7 Å². The molecule has 3 aromatic rings. The van der Waals surface area contributed by atoms with E-state index in [0.29, 0.717) is 37.0 Å². The molecular formula is C26H28ClN3O4S. The second kappa shape index (κ2) is 11.1. The van der Waals surface area contributed by atoms with Crippen molar-refractivity contribution < 1.29 is 17.9 Å². The highest BCUT2D eigenvalue weighted by molar-refractivity contribution is 7.92. The molecule has 35 heavy (non-hydrogen) atoms. The summed E-state index contributed by atoms with van der Waals surface area (Å²) in [7, 11) is -2.60. The molecule has 0 spiro atoms. The summed E-state index contributed by atoms with van der Waals surface area (Å²) in [6, 6.07) is 23.0. The fraction of sp³-hybridized carbons (Fsp3) is 0.269. The predicted octanol–water partition coefficient (Wildman–Crippen LogP) is 3.89. The molecule has 0 aliphatic carbocycles. The first-order chi connectivity index (χ1) is 16.9. The van der Waals surface area contributed by atoms with Gasteiger partial charge in [-0.15, -0.1) is 0 Å². The van der Waals surface area contributed by atoms with E-state index in [0.717, 1.165) is 10.8 Å². The number of carbonyl (C=O) groups excluding carboxylic acids is 1. The van der Waals surface area contributed by atoms with E-state index in [1.807, 2.05) is 18.2 Å². The van der Waals surface area contributed by atoms with Gasteiger partial charge in [-0.2, -0.15) is 0 Å². The Morgan fingerprint density at radius 3 is 2.20 bits per heavy atom. The molecule has 1 aliphatic heterocycles. The van der Waals surface area contributed by atoms with Crippen molar-refractivity contribution in [2.45, 2.75) is 11.4 Å². The molecule has 1 saturated heterocycles. The van der Waals surface area contributed by atoms with Crippen LogP contribution < -0.4 is 9.04 Å². The number of piperazine rings is 1. The van der Waals surface area contributed by atoms with Crippen molar-refractivity contribution in [1.29, 1.82) is 0 Å². The largest absolute Gasteiger partial charge is 0.495 e. The number of halogens is 1. The van der Waals surface area contributed by atoms with Gasteiger partial charge in [-0.05, 0) is 35.9 Å². The Kier molecular flexibility index (Phi) is 7.95. The van der Waals surface area contributed by atoms with Gasteiger partial charge in [0.25, 0.3) is 10.0 Å². The van der Waals surface area contributed by atoms with Gasteiger partial charge >= 0.3 is 0 Å². The van der Waals surface area contributed by atoms with E-state index >= 15 is 0 Å². The summed E-state index contributed by atoms with van der Waals surface area (Å²) in [6.07, 6.45) is 0. The van der Waals surface area contributed by atoms with Crippen LogP contribution >= 0.6 is 11.6 Å². The van der Waals surface area contributed by atoms with Crippen LogP contribution in [0.25, 0.3) is 0 Å². The quantitative estimate of drug-likeness (QED) is 0.457. The Balaban J connectivity index is 1.54. The smallest absolute Gasteiger partial charge is 0.264 e. The molecule has 0 unspecified atom stereocenters. The minimum atomic E-state index is -4.05. The normalized spacial score (nSPS) is 14.5. The van der Waals surface area contributed by atoms with Crippen molar-refractivity contribution in [3.05, 3.63) is 89.4 Å². The van der Waals surface area contributed by atoms with Gasteiger partial charge in [0.15, 0.2) is 0 Å². The van der Waals surface area contributed by atoms with Crippen molar-refractivity contribution in [1.82, 2.24) is 9.80 Å². The Labute approximate surface area is 211 Å². The van der Waals surface area contributed by atoms with Crippen LogP contribution in [0.15, 0.2) is 83.8 Å². The summed E-state index contributed by atoms with van der Waals surface area (Å²) in [4.78, 5) is 17.4. The monoisotopic (exact) mass is 513 g/mol. The number of nitrogens with zero attached hydrogens (tertiary/aromatic N) is 3. The molecule has 0 atom stereocenters. The summed E-state index contributed by atoms with van der Waals surface area (Å²) in [5.74, 6) is 0.0419. The van der Waals surface area contributed by atoms with Crippen molar-refractivity contribution in [3.63, 3.8) is 0 Å². The minimum absolute atomic E-state index is 0.0857. The Morgan fingerprint density at radius 1 is 0.943 bits per heavy atom. The first kappa shape index (κ1) is 25.0. The maximum atomic E-state index is 13.6. The van der Waals surface area contributed by atoms with E-state index in [1.165, 1.54) is 30.9 Å². The molecule has 4 rings (SSSR count). The Hall–Kier alpha value is -3.07. The van der Waals surface area contributed by atoms with E-state index in [1.54, 1.807) is 35.2 Å². The molecule has 184 valence electrons. The standard InChI is InChI=1S/C26H28ClN3O4S/c1-34-25-13-12-22(27)18-24(25)30(35(32,33)23-10-6-3-7-11-23)20-26(31)29-16-14-28(15-17-29)19-21-8-4-2-5-9-21/h2-13,18H,14-17,19-20H2,1H3. The van der Waals surface area contributed by atoms with Crippen LogP contribution in [0.4, 0.5) is 5.69 Å². The molecule has 0 saturated carbocycles. The van der Waals surface area contributed by atoms with Gasteiger partial charge in [-0.3, -0.25) is 14.0 Å². The van der Waals surface area contributed by atoms with Crippen LogP contribution in [0, 0.1) is 0 Å².